The first-order valence-electron chi connectivity index (χ1n) is 18.6. The van der Waals surface area contributed by atoms with Gasteiger partial charge in [-0.2, -0.15) is 0 Å². The van der Waals surface area contributed by atoms with Gasteiger partial charge in [-0.05, 0) is 84.1 Å². The molecule has 11 rings (SSSR count). The first-order chi connectivity index (χ1) is 26.8. The average molecular weight is 688 g/mol. The smallest absolute Gasteiger partial charge is 0.163 e. The van der Waals surface area contributed by atoms with E-state index in [-0.39, 0.29) is 11.8 Å². The SMILES string of the molecule is c1ccc(-c2nc(-c3ccccc3)nc(C3c4ccccc4-c4c(-c5ccc6ccccc6c5)cc5c(c43)C(c3ccccc3)c3ccccc3-5)n2)cc1. The Morgan fingerprint density at radius 3 is 1.57 bits per heavy atom. The fourth-order valence-corrected chi connectivity index (χ4v) is 8.92. The van der Waals surface area contributed by atoms with Crippen LogP contribution in [0.4, 0.5) is 0 Å². The van der Waals surface area contributed by atoms with Gasteiger partial charge in [-0.15, -0.1) is 0 Å². The van der Waals surface area contributed by atoms with Crippen molar-refractivity contribution in [3.05, 3.63) is 222 Å². The van der Waals surface area contributed by atoms with E-state index in [1.54, 1.807) is 0 Å². The Bertz CT molecular complexity index is 2820. The zero-order valence-corrected chi connectivity index (χ0v) is 29.4. The van der Waals surface area contributed by atoms with Crippen molar-refractivity contribution in [2.45, 2.75) is 11.8 Å². The Kier molecular flexibility index (Phi) is 6.99. The van der Waals surface area contributed by atoms with E-state index in [1.165, 1.54) is 72.0 Å². The molecule has 0 radical (unpaired) electrons. The minimum absolute atomic E-state index is 0.0534. The quantitative estimate of drug-likeness (QED) is 0.181. The number of rotatable bonds is 5. The molecule has 0 fully saturated rings. The minimum atomic E-state index is -0.223. The monoisotopic (exact) mass is 687 g/mol. The number of aromatic nitrogens is 3. The van der Waals surface area contributed by atoms with Crippen LogP contribution in [0, 0.1) is 0 Å². The van der Waals surface area contributed by atoms with Crippen LogP contribution in [0.3, 0.4) is 0 Å². The van der Waals surface area contributed by atoms with Crippen molar-refractivity contribution < 1.29 is 0 Å². The molecule has 0 N–H and O–H groups in total. The lowest BCUT2D eigenvalue weighted by Gasteiger charge is -2.23. The molecule has 54 heavy (non-hydrogen) atoms. The Morgan fingerprint density at radius 1 is 0.333 bits per heavy atom. The van der Waals surface area contributed by atoms with Gasteiger partial charge in [0.2, 0.25) is 0 Å². The molecule has 0 bridgehead atoms. The summed E-state index contributed by atoms with van der Waals surface area (Å²) in [5.41, 5.74) is 15.9. The molecule has 0 amide bonds. The van der Waals surface area contributed by atoms with Crippen molar-refractivity contribution in [2.75, 3.05) is 0 Å². The van der Waals surface area contributed by atoms with E-state index >= 15 is 0 Å². The third-order valence-electron chi connectivity index (χ3n) is 11.3. The molecule has 9 aromatic rings. The maximum absolute atomic E-state index is 5.40. The van der Waals surface area contributed by atoms with Crippen LogP contribution in [0.2, 0.25) is 0 Å². The Hall–Kier alpha value is -6.97. The second-order valence-corrected chi connectivity index (χ2v) is 14.3. The van der Waals surface area contributed by atoms with Gasteiger partial charge in [0.15, 0.2) is 11.6 Å². The summed E-state index contributed by atoms with van der Waals surface area (Å²) in [7, 11) is 0. The van der Waals surface area contributed by atoms with Gasteiger partial charge in [-0.1, -0.05) is 176 Å². The molecule has 0 saturated carbocycles. The molecular formula is C51H33N3. The van der Waals surface area contributed by atoms with Crippen molar-refractivity contribution in [1.82, 2.24) is 15.0 Å². The molecule has 0 saturated heterocycles. The third kappa shape index (κ3) is 4.79. The molecule has 1 aromatic heterocycles. The summed E-state index contributed by atoms with van der Waals surface area (Å²) >= 11 is 0. The van der Waals surface area contributed by atoms with Crippen molar-refractivity contribution in [1.29, 1.82) is 0 Å². The van der Waals surface area contributed by atoms with Crippen molar-refractivity contribution in [3.63, 3.8) is 0 Å². The predicted molar refractivity (Wildman–Crippen MR) is 219 cm³/mol. The van der Waals surface area contributed by atoms with Crippen LogP contribution in [0.1, 0.15) is 45.5 Å². The summed E-state index contributed by atoms with van der Waals surface area (Å²) in [6.07, 6.45) is 0. The van der Waals surface area contributed by atoms with Crippen LogP contribution >= 0.6 is 0 Å². The van der Waals surface area contributed by atoms with Crippen molar-refractivity contribution in [2.24, 2.45) is 0 Å². The molecule has 3 heteroatoms. The van der Waals surface area contributed by atoms with Crippen molar-refractivity contribution in [3.8, 4) is 56.2 Å². The van der Waals surface area contributed by atoms with Crippen LogP contribution in [-0.4, -0.2) is 15.0 Å². The molecule has 2 aliphatic rings. The molecule has 0 spiro atoms. The summed E-state index contributed by atoms with van der Waals surface area (Å²) in [6.45, 7) is 0. The molecule has 2 aliphatic carbocycles. The van der Waals surface area contributed by atoms with Crippen LogP contribution in [-0.2, 0) is 0 Å². The number of hydrogen-bond acceptors (Lipinski definition) is 3. The topological polar surface area (TPSA) is 38.7 Å². The van der Waals surface area contributed by atoms with Crippen LogP contribution in [0.15, 0.2) is 188 Å². The number of fused-ring (bicyclic) bond motifs is 8. The fourth-order valence-electron chi connectivity index (χ4n) is 8.92. The van der Waals surface area contributed by atoms with Crippen LogP contribution in [0.5, 0.6) is 0 Å². The normalized spacial score (nSPS) is 15.0. The molecule has 1 heterocycles. The largest absolute Gasteiger partial charge is 0.212 e. The molecular weight excluding hydrogens is 655 g/mol. The predicted octanol–water partition coefficient (Wildman–Crippen LogP) is 12.3. The number of hydrogen-bond donors (Lipinski definition) is 0. The van der Waals surface area contributed by atoms with Crippen molar-refractivity contribution >= 4 is 10.8 Å². The average Bonchev–Trinajstić information content (AvgIpc) is 3.77. The zero-order valence-electron chi connectivity index (χ0n) is 29.4. The lowest BCUT2D eigenvalue weighted by molar-refractivity contribution is 0.839. The maximum atomic E-state index is 5.40. The van der Waals surface area contributed by atoms with E-state index in [9.17, 15) is 0 Å². The molecule has 2 unspecified atom stereocenters. The van der Waals surface area contributed by atoms with Gasteiger partial charge in [-0.25, -0.2) is 15.0 Å². The van der Waals surface area contributed by atoms with Gasteiger partial charge in [0.05, 0.1) is 5.92 Å². The highest BCUT2D eigenvalue weighted by molar-refractivity contribution is 6.01. The first-order valence-corrected chi connectivity index (χ1v) is 18.6. The second-order valence-electron chi connectivity index (χ2n) is 14.3. The van der Waals surface area contributed by atoms with Crippen LogP contribution in [0.25, 0.3) is 66.9 Å². The van der Waals surface area contributed by atoms with E-state index in [2.05, 4.69) is 152 Å². The highest BCUT2D eigenvalue weighted by Crippen LogP contribution is 2.60. The lowest BCUT2D eigenvalue weighted by atomic mass is 9.80. The Labute approximate surface area is 314 Å². The highest BCUT2D eigenvalue weighted by Gasteiger charge is 2.43. The Balaban J connectivity index is 1.26. The maximum Gasteiger partial charge on any atom is 0.163 e. The van der Waals surface area contributed by atoms with Crippen LogP contribution < -0.4 is 0 Å². The van der Waals surface area contributed by atoms with Gasteiger partial charge >= 0.3 is 0 Å². The third-order valence-corrected chi connectivity index (χ3v) is 11.3. The standard InChI is InChI=1S/C51H33N3/c1-4-17-33(18-5-1)44-39-25-13-12-24-38(39)43-31-42(37-29-28-32-16-10-11-23-36(32)30-37)45-40-26-14-15-27-41(40)47(48(45)46(43)44)51-53-49(34-19-6-2-7-20-34)52-50(54-51)35-21-8-3-9-22-35/h1-31,44,47H. The lowest BCUT2D eigenvalue weighted by Crippen LogP contribution is -2.12. The molecule has 3 nitrogen and oxygen atoms in total. The molecule has 8 aromatic carbocycles. The van der Waals surface area contributed by atoms with E-state index in [4.69, 9.17) is 15.0 Å². The van der Waals surface area contributed by atoms with Gasteiger partial charge in [0.25, 0.3) is 0 Å². The highest BCUT2D eigenvalue weighted by atomic mass is 15.0. The second kappa shape index (κ2) is 12.3. The van der Waals surface area contributed by atoms with Gasteiger partial charge in [0.1, 0.15) is 5.82 Å². The minimum Gasteiger partial charge on any atom is -0.212 e. The van der Waals surface area contributed by atoms with Gasteiger partial charge < -0.3 is 0 Å². The first kappa shape index (κ1) is 30.6. The van der Waals surface area contributed by atoms with E-state index in [0.29, 0.717) is 11.6 Å². The van der Waals surface area contributed by atoms with E-state index in [0.717, 1.165) is 17.0 Å². The summed E-state index contributed by atoms with van der Waals surface area (Å²) in [4.78, 5) is 15.9. The van der Waals surface area contributed by atoms with E-state index in [1.807, 2.05) is 36.4 Å². The fraction of sp³-hybridized carbons (Fsp3) is 0.0392. The molecule has 2 atom stereocenters. The van der Waals surface area contributed by atoms with Gasteiger partial charge in [0, 0.05) is 17.0 Å². The summed E-state index contributed by atoms with van der Waals surface area (Å²) in [6, 6.07) is 67.5. The van der Waals surface area contributed by atoms with E-state index < -0.39 is 0 Å². The summed E-state index contributed by atoms with van der Waals surface area (Å²) < 4.78 is 0. The summed E-state index contributed by atoms with van der Waals surface area (Å²) in [5, 5.41) is 2.46. The van der Waals surface area contributed by atoms with Gasteiger partial charge in [-0.3, -0.25) is 0 Å². The molecule has 252 valence electrons. The Morgan fingerprint density at radius 2 is 0.889 bits per heavy atom. The number of nitrogens with zero attached hydrogens (tertiary/aromatic N) is 3. The summed E-state index contributed by atoms with van der Waals surface area (Å²) in [5.74, 6) is 1.94. The zero-order chi connectivity index (χ0) is 35.6. The molecule has 0 aliphatic heterocycles. The number of benzene rings is 8.